The lowest BCUT2D eigenvalue weighted by Crippen LogP contribution is -2.50. The summed E-state index contributed by atoms with van der Waals surface area (Å²) >= 11 is 0. The molecule has 0 unspecified atom stereocenters. The maximum Gasteiger partial charge on any atom is 0.336 e. The van der Waals surface area contributed by atoms with E-state index in [-0.39, 0.29) is 24.7 Å². The maximum atomic E-state index is 12.4. The number of amides is 1. The van der Waals surface area contributed by atoms with Crippen LogP contribution < -0.4 is 15.7 Å². The van der Waals surface area contributed by atoms with Gasteiger partial charge in [0.1, 0.15) is 17.4 Å². The quantitative estimate of drug-likeness (QED) is 0.777. The third kappa shape index (κ3) is 4.48. The molecule has 1 aliphatic rings. The maximum absolute atomic E-state index is 12.4. The molecule has 1 fully saturated rings. The average Bonchev–Trinajstić information content (AvgIpc) is 2.65. The molecule has 1 amide bonds. The lowest BCUT2D eigenvalue weighted by Gasteiger charge is -2.31. The summed E-state index contributed by atoms with van der Waals surface area (Å²) in [5, 5.41) is 3.68. The molecular weight excluding hydrogens is 350 g/mol. The topological polar surface area (TPSA) is 87.0 Å². The lowest BCUT2D eigenvalue weighted by molar-refractivity contribution is -0.127. The van der Waals surface area contributed by atoms with Gasteiger partial charge in [-0.25, -0.2) is 4.79 Å². The summed E-state index contributed by atoms with van der Waals surface area (Å²) in [4.78, 5) is 24.1. The summed E-state index contributed by atoms with van der Waals surface area (Å²) in [5.41, 5.74) is 1.80. The molecular formula is C20H25NO6. The first kappa shape index (κ1) is 19.4. The molecule has 1 aromatic carbocycles. The Kier molecular flexibility index (Phi) is 6.13. The SMILES string of the molecule is CCc1cc(=O)oc2cc(C)cc(OCC(=O)N[C@H]3CCOC[C@@H]3OC)c12. The smallest absolute Gasteiger partial charge is 0.336 e. The Bertz CT molecular complexity index is 875. The molecule has 0 spiro atoms. The number of fused-ring (bicyclic) bond motifs is 1. The van der Waals surface area contributed by atoms with Gasteiger partial charge in [-0.2, -0.15) is 0 Å². The number of carbonyl (C=O) groups is 1. The summed E-state index contributed by atoms with van der Waals surface area (Å²) in [5.74, 6) is 0.310. The predicted octanol–water partition coefficient (Wildman–Crippen LogP) is 1.96. The second-order valence-electron chi connectivity index (χ2n) is 6.68. The van der Waals surface area contributed by atoms with Crippen LogP contribution in [0.15, 0.2) is 27.4 Å². The van der Waals surface area contributed by atoms with Gasteiger partial charge in [-0.05, 0) is 43.0 Å². The predicted molar refractivity (Wildman–Crippen MR) is 100 cm³/mol. The van der Waals surface area contributed by atoms with Gasteiger partial charge in [0.15, 0.2) is 6.61 Å². The van der Waals surface area contributed by atoms with E-state index < -0.39 is 5.63 Å². The number of nitrogens with one attached hydrogen (secondary N) is 1. The Morgan fingerprint density at radius 1 is 1.33 bits per heavy atom. The monoisotopic (exact) mass is 375 g/mol. The zero-order chi connectivity index (χ0) is 19.4. The van der Waals surface area contributed by atoms with Crippen LogP contribution in [0.2, 0.25) is 0 Å². The van der Waals surface area contributed by atoms with Crippen LogP contribution in [0.4, 0.5) is 0 Å². The third-order valence-electron chi connectivity index (χ3n) is 4.73. The van der Waals surface area contributed by atoms with E-state index in [1.165, 1.54) is 6.07 Å². The number of aryl methyl sites for hydroxylation is 2. The molecule has 1 aliphatic heterocycles. The molecule has 7 nitrogen and oxygen atoms in total. The van der Waals surface area contributed by atoms with Crippen molar-refractivity contribution >= 4 is 16.9 Å². The number of hydrogen-bond acceptors (Lipinski definition) is 6. The number of benzene rings is 1. The molecule has 2 atom stereocenters. The van der Waals surface area contributed by atoms with Gasteiger partial charge >= 0.3 is 5.63 Å². The van der Waals surface area contributed by atoms with Gasteiger partial charge in [0.2, 0.25) is 0 Å². The average molecular weight is 375 g/mol. The molecule has 0 bridgehead atoms. The molecule has 0 saturated carbocycles. The van der Waals surface area contributed by atoms with Crippen molar-refractivity contribution in [2.75, 3.05) is 26.9 Å². The zero-order valence-electron chi connectivity index (χ0n) is 15.9. The first-order valence-electron chi connectivity index (χ1n) is 9.12. The number of methoxy groups -OCH3 is 1. The van der Waals surface area contributed by atoms with Crippen LogP contribution in [0.3, 0.4) is 0 Å². The molecule has 146 valence electrons. The fourth-order valence-corrected chi connectivity index (χ4v) is 3.36. The molecule has 1 saturated heterocycles. The van der Waals surface area contributed by atoms with E-state index in [4.69, 9.17) is 18.6 Å². The van der Waals surface area contributed by atoms with Gasteiger partial charge in [0.25, 0.3) is 5.91 Å². The van der Waals surface area contributed by atoms with Gasteiger partial charge in [-0.15, -0.1) is 0 Å². The third-order valence-corrected chi connectivity index (χ3v) is 4.73. The second-order valence-corrected chi connectivity index (χ2v) is 6.68. The molecule has 1 N–H and O–H groups in total. The van der Waals surface area contributed by atoms with Crippen LogP contribution in [0.25, 0.3) is 11.0 Å². The minimum absolute atomic E-state index is 0.0988. The van der Waals surface area contributed by atoms with Crippen molar-refractivity contribution in [3.8, 4) is 5.75 Å². The summed E-state index contributed by atoms with van der Waals surface area (Å²) < 4.78 is 21.9. The van der Waals surface area contributed by atoms with Gasteiger partial charge < -0.3 is 23.9 Å². The van der Waals surface area contributed by atoms with E-state index in [9.17, 15) is 9.59 Å². The Balaban J connectivity index is 1.76. The van der Waals surface area contributed by atoms with Gasteiger partial charge in [-0.3, -0.25) is 4.79 Å². The summed E-state index contributed by atoms with van der Waals surface area (Å²) in [6.07, 6.45) is 1.19. The molecule has 1 aromatic heterocycles. The van der Waals surface area contributed by atoms with Crippen molar-refractivity contribution in [1.29, 1.82) is 0 Å². The largest absolute Gasteiger partial charge is 0.483 e. The molecule has 7 heteroatoms. The highest BCUT2D eigenvalue weighted by Crippen LogP contribution is 2.30. The van der Waals surface area contributed by atoms with Gasteiger partial charge in [0.05, 0.1) is 18.0 Å². The lowest BCUT2D eigenvalue weighted by atomic mass is 10.0. The fraction of sp³-hybridized carbons (Fsp3) is 0.500. The van der Waals surface area contributed by atoms with Crippen LogP contribution in [-0.4, -0.2) is 45.0 Å². The van der Waals surface area contributed by atoms with E-state index in [2.05, 4.69) is 5.32 Å². The van der Waals surface area contributed by atoms with E-state index in [1.54, 1.807) is 13.2 Å². The number of hydrogen-bond donors (Lipinski definition) is 1. The van der Waals surface area contributed by atoms with Crippen LogP contribution >= 0.6 is 0 Å². The van der Waals surface area contributed by atoms with Gasteiger partial charge in [-0.1, -0.05) is 6.92 Å². The number of rotatable bonds is 6. The number of ether oxygens (including phenoxy) is 3. The van der Waals surface area contributed by atoms with E-state index in [0.717, 1.165) is 16.5 Å². The molecule has 0 aliphatic carbocycles. The molecule has 3 rings (SSSR count). The highest BCUT2D eigenvalue weighted by Gasteiger charge is 2.27. The zero-order valence-corrected chi connectivity index (χ0v) is 15.9. The molecule has 27 heavy (non-hydrogen) atoms. The van der Waals surface area contributed by atoms with E-state index >= 15 is 0 Å². The van der Waals surface area contributed by atoms with Crippen LogP contribution in [0.5, 0.6) is 5.75 Å². The van der Waals surface area contributed by atoms with Gasteiger partial charge in [0, 0.05) is 19.8 Å². The Morgan fingerprint density at radius 2 is 2.15 bits per heavy atom. The first-order valence-corrected chi connectivity index (χ1v) is 9.12. The van der Waals surface area contributed by atoms with E-state index in [0.29, 0.717) is 37.4 Å². The Hall–Kier alpha value is -2.38. The summed E-state index contributed by atoms with van der Waals surface area (Å²) in [7, 11) is 1.61. The second kappa shape index (κ2) is 8.54. The van der Waals surface area contributed by atoms with Crippen molar-refractivity contribution in [2.45, 2.75) is 38.8 Å². The van der Waals surface area contributed by atoms with Crippen molar-refractivity contribution in [1.82, 2.24) is 5.32 Å². The standard InChI is InChI=1S/C20H25NO6/c1-4-13-9-19(23)27-16-8-12(2)7-15(20(13)16)26-11-18(22)21-14-5-6-25-10-17(14)24-3/h7-9,14,17H,4-6,10-11H2,1-3H3,(H,21,22)/t14-,17-/m0/s1. The van der Waals surface area contributed by atoms with Crippen molar-refractivity contribution in [3.63, 3.8) is 0 Å². The summed E-state index contributed by atoms with van der Waals surface area (Å²) in [6, 6.07) is 5.02. The molecule has 2 heterocycles. The minimum atomic E-state index is -0.390. The van der Waals surface area contributed by atoms with Crippen LogP contribution in [0.1, 0.15) is 24.5 Å². The Morgan fingerprint density at radius 3 is 2.89 bits per heavy atom. The summed E-state index contributed by atoms with van der Waals surface area (Å²) in [6.45, 7) is 4.77. The van der Waals surface area contributed by atoms with Crippen molar-refractivity contribution < 1.29 is 23.4 Å². The van der Waals surface area contributed by atoms with Crippen molar-refractivity contribution in [3.05, 3.63) is 39.7 Å². The minimum Gasteiger partial charge on any atom is -0.483 e. The normalized spacial score (nSPS) is 19.8. The van der Waals surface area contributed by atoms with E-state index in [1.807, 2.05) is 19.9 Å². The molecule has 0 radical (unpaired) electrons. The fourth-order valence-electron chi connectivity index (χ4n) is 3.36. The molecule has 2 aromatic rings. The first-order chi connectivity index (χ1) is 13.0. The Labute approximate surface area is 157 Å². The van der Waals surface area contributed by atoms with Crippen LogP contribution in [0, 0.1) is 6.92 Å². The highest BCUT2D eigenvalue weighted by molar-refractivity contribution is 5.88. The van der Waals surface area contributed by atoms with Crippen molar-refractivity contribution in [2.24, 2.45) is 0 Å². The number of carbonyl (C=O) groups excluding carboxylic acids is 1. The van der Waals surface area contributed by atoms with Crippen LogP contribution in [-0.2, 0) is 20.7 Å². The highest BCUT2D eigenvalue weighted by atomic mass is 16.5.